The topological polar surface area (TPSA) is 65.0 Å². The Kier molecular flexibility index (Phi) is 6.34. The second-order valence-corrected chi connectivity index (χ2v) is 6.73. The van der Waals surface area contributed by atoms with E-state index in [0.29, 0.717) is 12.3 Å². The van der Waals surface area contributed by atoms with Crippen LogP contribution in [-0.2, 0) is 19.1 Å². The van der Waals surface area contributed by atoms with Crippen molar-refractivity contribution in [2.24, 2.45) is 10.9 Å². The van der Waals surface area contributed by atoms with Crippen LogP contribution in [0.5, 0.6) is 0 Å². The van der Waals surface area contributed by atoms with Gasteiger partial charge in [0, 0.05) is 18.4 Å². The van der Waals surface area contributed by atoms with Crippen LogP contribution in [0.25, 0.3) is 0 Å². The first kappa shape index (κ1) is 19.2. The molecule has 1 aliphatic rings. The van der Waals surface area contributed by atoms with Crippen molar-refractivity contribution in [1.29, 1.82) is 0 Å². The van der Waals surface area contributed by atoms with Crippen molar-refractivity contribution >= 4 is 17.8 Å². The van der Waals surface area contributed by atoms with E-state index in [0.717, 1.165) is 24.8 Å². The van der Waals surface area contributed by atoms with Crippen molar-refractivity contribution in [3.8, 4) is 0 Å². The van der Waals surface area contributed by atoms with Crippen LogP contribution in [-0.4, -0.2) is 29.5 Å². The Bertz CT molecular complexity index is 638. The molecule has 1 amide bonds. The molecular weight excluding hydrogens is 318 g/mol. The fourth-order valence-corrected chi connectivity index (χ4v) is 3.19. The Morgan fingerprint density at radius 2 is 1.92 bits per heavy atom. The maximum absolute atomic E-state index is 12.9. The van der Waals surface area contributed by atoms with E-state index in [2.05, 4.69) is 11.9 Å². The normalized spacial score (nSPS) is 21.0. The Labute approximate surface area is 149 Å². The van der Waals surface area contributed by atoms with Crippen LogP contribution >= 0.6 is 0 Å². The second kappa shape index (κ2) is 8.28. The third kappa shape index (κ3) is 4.09. The summed E-state index contributed by atoms with van der Waals surface area (Å²) in [6.07, 6.45) is 2.85. The SMILES string of the molecule is CCCCC[C@H](OC(C)=O)[C@@]1(C(C)C)OC(c2ccccc2)=NC1=O. The molecule has 0 aromatic heterocycles. The van der Waals surface area contributed by atoms with Crippen molar-refractivity contribution in [3.05, 3.63) is 35.9 Å². The molecule has 0 bridgehead atoms. The lowest BCUT2D eigenvalue weighted by Gasteiger charge is -2.37. The average molecular weight is 345 g/mol. The van der Waals surface area contributed by atoms with E-state index in [1.54, 1.807) is 0 Å². The molecule has 0 radical (unpaired) electrons. The van der Waals surface area contributed by atoms with Gasteiger partial charge in [-0.2, -0.15) is 4.99 Å². The van der Waals surface area contributed by atoms with Crippen LogP contribution in [0.2, 0.25) is 0 Å². The van der Waals surface area contributed by atoms with E-state index < -0.39 is 17.7 Å². The number of unbranched alkanes of at least 4 members (excludes halogenated alkanes) is 2. The lowest BCUT2D eigenvalue weighted by molar-refractivity contribution is -0.170. The number of hydrogen-bond acceptors (Lipinski definition) is 4. The number of amides is 1. The van der Waals surface area contributed by atoms with E-state index >= 15 is 0 Å². The molecule has 2 atom stereocenters. The smallest absolute Gasteiger partial charge is 0.303 e. The predicted molar refractivity (Wildman–Crippen MR) is 96.3 cm³/mol. The Balaban J connectivity index is 2.33. The van der Waals surface area contributed by atoms with Crippen molar-refractivity contribution in [3.63, 3.8) is 0 Å². The average Bonchev–Trinajstić information content (AvgIpc) is 2.93. The monoisotopic (exact) mass is 345 g/mol. The number of benzene rings is 1. The quantitative estimate of drug-likeness (QED) is 0.529. The molecule has 1 aromatic carbocycles. The standard InChI is InChI=1S/C20H27NO4/c1-5-6-8-13-17(24-15(4)22)20(14(2)3)19(23)21-18(25-20)16-11-9-7-10-12-16/h7,9-12,14,17H,5-6,8,13H2,1-4H3/t17-,20+/m0/s1. The van der Waals surface area contributed by atoms with Gasteiger partial charge in [-0.1, -0.05) is 51.8 Å². The van der Waals surface area contributed by atoms with E-state index in [1.165, 1.54) is 6.92 Å². The van der Waals surface area contributed by atoms with Gasteiger partial charge in [0.25, 0.3) is 5.91 Å². The number of esters is 1. The summed E-state index contributed by atoms with van der Waals surface area (Å²) < 4.78 is 11.7. The van der Waals surface area contributed by atoms with Gasteiger partial charge < -0.3 is 9.47 Å². The molecule has 1 aromatic rings. The first-order valence-corrected chi connectivity index (χ1v) is 8.96. The molecular formula is C20H27NO4. The Morgan fingerprint density at radius 3 is 2.48 bits per heavy atom. The minimum atomic E-state index is -1.26. The van der Waals surface area contributed by atoms with Gasteiger partial charge >= 0.3 is 5.97 Å². The zero-order chi connectivity index (χ0) is 18.4. The summed E-state index contributed by atoms with van der Waals surface area (Å²) in [6.45, 7) is 7.27. The molecule has 5 heteroatoms. The number of hydrogen-bond donors (Lipinski definition) is 0. The molecule has 0 saturated carbocycles. The van der Waals surface area contributed by atoms with E-state index in [-0.39, 0.29) is 11.8 Å². The molecule has 1 aliphatic heterocycles. The van der Waals surface area contributed by atoms with E-state index in [1.807, 2.05) is 44.2 Å². The molecule has 5 nitrogen and oxygen atoms in total. The van der Waals surface area contributed by atoms with E-state index in [4.69, 9.17) is 9.47 Å². The molecule has 0 saturated heterocycles. The van der Waals surface area contributed by atoms with Gasteiger partial charge in [-0.3, -0.25) is 9.59 Å². The molecule has 25 heavy (non-hydrogen) atoms. The molecule has 0 N–H and O–H groups in total. The number of carbonyl (C=O) groups is 2. The molecule has 0 fully saturated rings. The molecule has 2 rings (SSSR count). The van der Waals surface area contributed by atoms with Crippen LogP contribution in [0, 0.1) is 5.92 Å². The van der Waals surface area contributed by atoms with Crippen LogP contribution in [0.15, 0.2) is 35.3 Å². The van der Waals surface area contributed by atoms with Gasteiger partial charge in [-0.15, -0.1) is 0 Å². The largest absolute Gasteiger partial charge is 0.458 e. The van der Waals surface area contributed by atoms with Crippen molar-refractivity contribution < 1.29 is 19.1 Å². The molecule has 136 valence electrons. The predicted octanol–water partition coefficient (Wildman–Crippen LogP) is 3.90. The van der Waals surface area contributed by atoms with Crippen molar-refractivity contribution in [2.45, 2.75) is 65.1 Å². The summed E-state index contributed by atoms with van der Waals surface area (Å²) in [5.74, 6) is -0.668. The minimum Gasteiger partial charge on any atom is -0.458 e. The van der Waals surface area contributed by atoms with Crippen molar-refractivity contribution in [2.75, 3.05) is 0 Å². The maximum Gasteiger partial charge on any atom is 0.303 e. The fourth-order valence-electron chi connectivity index (χ4n) is 3.19. The highest BCUT2D eigenvalue weighted by molar-refractivity contribution is 6.09. The second-order valence-electron chi connectivity index (χ2n) is 6.73. The molecule has 1 heterocycles. The van der Waals surface area contributed by atoms with Crippen molar-refractivity contribution in [1.82, 2.24) is 0 Å². The van der Waals surface area contributed by atoms with Crippen LogP contribution < -0.4 is 0 Å². The van der Waals surface area contributed by atoms with Gasteiger partial charge in [0.15, 0.2) is 6.10 Å². The summed E-state index contributed by atoms with van der Waals surface area (Å²) in [5.41, 5.74) is -0.515. The van der Waals surface area contributed by atoms with Gasteiger partial charge in [-0.05, 0) is 25.0 Å². The summed E-state index contributed by atoms with van der Waals surface area (Å²) in [5, 5.41) is 0. The highest BCUT2D eigenvalue weighted by atomic mass is 16.6. The van der Waals surface area contributed by atoms with Gasteiger partial charge in [0.1, 0.15) is 0 Å². The Hall–Kier alpha value is -2.17. The summed E-state index contributed by atoms with van der Waals surface area (Å²) in [4.78, 5) is 28.7. The summed E-state index contributed by atoms with van der Waals surface area (Å²) >= 11 is 0. The third-order valence-electron chi connectivity index (χ3n) is 4.54. The zero-order valence-electron chi connectivity index (χ0n) is 15.5. The number of ether oxygens (including phenoxy) is 2. The van der Waals surface area contributed by atoms with Gasteiger partial charge in [0.2, 0.25) is 11.5 Å². The lowest BCUT2D eigenvalue weighted by atomic mass is 9.81. The number of nitrogens with zero attached hydrogens (tertiary/aromatic N) is 1. The van der Waals surface area contributed by atoms with Gasteiger partial charge in [0.05, 0.1) is 0 Å². The van der Waals surface area contributed by atoms with E-state index in [9.17, 15) is 9.59 Å². The zero-order valence-corrected chi connectivity index (χ0v) is 15.5. The molecule has 0 aliphatic carbocycles. The van der Waals surface area contributed by atoms with Crippen LogP contribution in [0.4, 0.5) is 0 Å². The highest BCUT2D eigenvalue weighted by Crippen LogP contribution is 2.37. The number of rotatable bonds is 8. The number of aliphatic imine (C=N–C) groups is 1. The Morgan fingerprint density at radius 1 is 1.24 bits per heavy atom. The number of carbonyl (C=O) groups excluding carboxylic acids is 2. The highest BCUT2D eigenvalue weighted by Gasteiger charge is 2.56. The van der Waals surface area contributed by atoms with Crippen LogP contribution in [0.1, 0.15) is 58.9 Å². The lowest BCUT2D eigenvalue weighted by Crippen LogP contribution is -2.54. The first-order valence-electron chi connectivity index (χ1n) is 8.96. The summed E-state index contributed by atoms with van der Waals surface area (Å²) in [7, 11) is 0. The maximum atomic E-state index is 12.9. The fraction of sp³-hybridized carbons (Fsp3) is 0.550. The van der Waals surface area contributed by atoms with Gasteiger partial charge in [-0.25, -0.2) is 0 Å². The first-order chi connectivity index (χ1) is 11.9. The minimum absolute atomic E-state index is 0.184. The molecule has 0 spiro atoms. The third-order valence-corrected chi connectivity index (χ3v) is 4.54. The van der Waals surface area contributed by atoms with Crippen LogP contribution in [0.3, 0.4) is 0 Å². The summed E-state index contributed by atoms with van der Waals surface area (Å²) in [6, 6.07) is 9.32. The molecule has 0 unspecified atom stereocenters.